The number of hydrogen-bond acceptors (Lipinski definition) is 1. The van der Waals surface area contributed by atoms with Crippen LogP contribution >= 0.6 is 0 Å². The van der Waals surface area contributed by atoms with E-state index in [2.05, 4.69) is 0 Å². The van der Waals surface area contributed by atoms with E-state index in [4.69, 9.17) is 5.73 Å². The molecule has 0 spiro atoms. The van der Waals surface area contributed by atoms with Gasteiger partial charge < -0.3 is 5.73 Å². The van der Waals surface area contributed by atoms with E-state index in [1.807, 2.05) is 30.3 Å². The van der Waals surface area contributed by atoms with Crippen molar-refractivity contribution in [1.82, 2.24) is 0 Å². The smallest absolute Gasteiger partial charge is 0.229 e. The van der Waals surface area contributed by atoms with Crippen molar-refractivity contribution in [2.75, 3.05) is 0 Å². The van der Waals surface area contributed by atoms with Crippen LogP contribution in [-0.2, 0) is 4.79 Å². The van der Waals surface area contributed by atoms with Gasteiger partial charge in [-0.05, 0) is 65.4 Å². The number of aryl methyl sites for hydroxylation is 1. The molecule has 0 aliphatic rings. The van der Waals surface area contributed by atoms with Gasteiger partial charge in [0.15, 0.2) is 0 Å². The van der Waals surface area contributed by atoms with Crippen molar-refractivity contribution in [2.24, 2.45) is 5.73 Å². The van der Waals surface area contributed by atoms with E-state index in [1.54, 1.807) is 19.9 Å². The third kappa shape index (κ3) is 3.23. The van der Waals surface area contributed by atoms with Gasteiger partial charge in [0.1, 0.15) is 11.6 Å². The first kappa shape index (κ1) is 17.8. The standard InChI is InChI=1S/C22H19F2NO/c1-13-12-18(15-6-4-3-5-7-15)19(14(2)21(13)24)20(22(25)26)16-8-10-17(23)11-9-16/h3-12,20H,1-2H3,(H2,25,26). The molecule has 0 aliphatic heterocycles. The summed E-state index contributed by atoms with van der Waals surface area (Å²) in [7, 11) is 0. The molecule has 0 heterocycles. The Hall–Kier alpha value is -3.01. The van der Waals surface area contributed by atoms with Gasteiger partial charge in [-0.1, -0.05) is 42.5 Å². The summed E-state index contributed by atoms with van der Waals surface area (Å²) < 4.78 is 28.0. The second-order valence-corrected chi connectivity index (χ2v) is 6.35. The molecule has 0 saturated carbocycles. The SMILES string of the molecule is Cc1cc(-c2ccccc2)c(C(C(N)=O)c2ccc(F)cc2)c(C)c1F. The number of carbonyl (C=O) groups is 1. The Bertz CT molecular complexity index is 950. The Kier molecular flexibility index (Phi) is 4.85. The van der Waals surface area contributed by atoms with Crippen molar-refractivity contribution in [2.45, 2.75) is 19.8 Å². The number of carbonyl (C=O) groups excluding carboxylic acids is 1. The van der Waals surface area contributed by atoms with Gasteiger partial charge in [0.25, 0.3) is 0 Å². The largest absolute Gasteiger partial charge is 0.369 e. The molecule has 1 amide bonds. The normalized spacial score (nSPS) is 12.0. The molecule has 4 heteroatoms. The highest BCUT2D eigenvalue weighted by Crippen LogP contribution is 2.38. The highest BCUT2D eigenvalue weighted by molar-refractivity contribution is 5.89. The van der Waals surface area contributed by atoms with E-state index >= 15 is 0 Å². The number of benzene rings is 3. The van der Waals surface area contributed by atoms with E-state index in [0.717, 1.165) is 11.1 Å². The maximum atomic E-state index is 14.7. The van der Waals surface area contributed by atoms with Gasteiger partial charge in [-0.25, -0.2) is 8.78 Å². The monoisotopic (exact) mass is 351 g/mol. The van der Waals surface area contributed by atoms with Gasteiger partial charge in [0, 0.05) is 0 Å². The first-order valence-corrected chi connectivity index (χ1v) is 8.30. The summed E-state index contributed by atoms with van der Waals surface area (Å²) in [6.45, 7) is 3.33. The van der Waals surface area contributed by atoms with Crippen molar-refractivity contribution in [3.8, 4) is 11.1 Å². The maximum absolute atomic E-state index is 14.7. The van der Waals surface area contributed by atoms with Crippen LogP contribution in [0.3, 0.4) is 0 Å². The number of halogens is 2. The molecule has 0 aromatic heterocycles. The summed E-state index contributed by atoms with van der Waals surface area (Å²) in [4.78, 5) is 12.3. The maximum Gasteiger partial charge on any atom is 0.229 e. The van der Waals surface area contributed by atoms with E-state index in [-0.39, 0.29) is 5.82 Å². The minimum atomic E-state index is -0.874. The van der Waals surface area contributed by atoms with Crippen LogP contribution in [0.4, 0.5) is 8.78 Å². The molecule has 0 radical (unpaired) electrons. The fraction of sp³-hybridized carbons (Fsp3) is 0.136. The predicted octanol–water partition coefficient (Wildman–Crippen LogP) is 4.87. The second-order valence-electron chi connectivity index (χ2n) is 6.35. The summed E-state index contributed by atoms with van der Waals surface area (Å²) >= 11 is 0. The molecule has 0 saturated heterocycles. The zero-order chi connectivity index (χ0) is 18.8. The van der Waals surface area contributed by atoms with Crippen LogP contribution in [0.5, 0.6) is 0 Å². The molecule has 1 atom stereocenters. The molecular formula is C22H19F2NO. The Morgan fingerprint density at radius 3 is 2.15 bits per heavy atom. The minimum Gasteiger partial charge on any atom is -0.369 e. The average Bonchev–Trinajstić information content (AvgIpc) is 2.63. The fourth-order valence-corrected chi connectivity index (χ4v) is 3.33. The molecular weight excluding hydrogens is 332 g/mol. The van der Waals surface area contributed by atoms with E-state index in [0.29, 0.717) is 22.3 Å². The van der Waals surface area contributed by atoms with Crippen LogP contribution < -0.4 is 5.73 Å². The predicted molar refractivity (Wildman–Crippen MR) is 98.7 cm³/mol. The molecule has 3 aromatic carbocycles. The summed E-state index contributed by atoms with van der Waals surface area (Å²) in [6, 6.07) is 16.7. The lowest BCUT2D eigenvalue weighted by Gasteiger charge is -2.22. The fourth-order valence-electron chi connectivity index (χ4n) is 3.33. The van der Waals surface area contributed by atoms with Crippen LogP contribution in [0.2, 0.25) is 0 Å². The molecule has 3 aromatic rings. The van der Waals surface area contributed by atoms with Crippen molar-refractivity contribution in [1.29, 1.82) is 0 Å². The van der Waals surface area contributed by atoms with Gasteiger partial charge in [-0.3, -0.25) is 4.79 Å². The molecule has 132 valence electrons. The number of nitrogens with two attached hydrogens (primary N) is 1. The number of hydrogen-bond donors (Lipinski definition) is 1. The Morgan fingerprint density at radius 2 is 1.58 bits per heavy atom. The van der Waals surface area contributed by atoms with Gasteiger partial charge in [-0.2, -0.15) is 0 Å². The number of rotatable bonds is 4. The summed E-state index contributed by atoms with van der Waals surface area (Å²) in [5.74, 6) is -2.26. The second kappa shape index (κ2) is 7.08. The lowest BCUT2D eigenvalue weighted by molar-refractivity contribution is -0.118. The van der Waals surface area contributed by atoms with Gasteiger partial charge >= 0.3 is 0 Å². The number of amides is 1. The molecule has 1 unspecified atom stereocenters. The minimum absolute atomic E-state index is 0.368. The van der Waals surface area contributed by atoms with Crippen molar-refractivity contribution >= 4 is 5.91 Å². The molecule has 2 N–H and O–H groups in total. The van der Waals surface area contributed by atoms with Crippen molar-refractivity contribution < 1.29 is 13.6 Å². The van der Waals surface area contributed by atoms with E-state index < -0.39 is 17.6 Å². The van der Waals surface area contributed by atoms with Crippen molar-refractivity contribution in [3.05, 3.63) is 94.6 Å². The van der Waals surface area contributed by atoms with E-state index in [1.165, 1.54) is 24.3 Å². The summed E-state index contributed by atoms with van der Waals surface area (Å²) in [5, 5.41) is 0. The topological polar surface area (TPSA) is 43.1 Å². The van der Waals surface area contributed by atoms with Crippen molar-refractivity contribution in [3.63, 3.8) is 0 Å². The zero-order valence-electron chi connectivity index (χ0n) is 14.6. The number of primary amides is 1. The van der Waals surface area contributed by atoms with Crippen LogP contribution in [0.15, 0.2) is 60.7 Å². The molecule has 0 bridgehead atoms. The molecule has 3 rings (SSSR count). The Morgan fingerprint density at radius 1 is 0.962 bits per heavy atom. The van der Waals surface area contributed by atoms with Crippen LogP contribution in [0.1, 0.15) is 28.2 Å². The van der Waals surface area contributed by atoms with Gasteiger partial charge in [0.2, 0.25) is 5.91 Å². The van der Waals surface area contributed by atoms with Crippen LogP contribution in [0.25, 0.3) is 11.1 Å². The van der Waals surface area contributed by atoms with Crippen LogP contribution in [0, 0.1) is 25.5 Å². The highest BCUT2D eigenvalue weighted by Gasteiger charge is 2.27. The average molecular weight is 351 g/mol. The van der Waals surface area contributed by atoms with Gasteiger partial charge in [-0.15, -0.1) is 0 Å². The van der Waals surface area contributed by atoms with Gasteiger partial charge in [0.05, 0.1) is 5.92 Å². The molecule has 0 fully saturated rings. The first-order chi connectivity index (χ1) is 12.4. The lowest BCUT2D eigenvalue weighted by atomic mass is 9.81. The molecule has 0 aliphatic carbocycles. The molecule has 26 heavy (non-hydrogen) atoms. The highest BCUT2D eigenvalue weighted by atomic mass is 19.1. The van der Waals surface area contributed by atoms with E-state index in [9.17, 15) is 13.6 Å². The summed E-state index contributed by atoms with van der Waals surface area (Å²) in [5.41, 5.74) is 9.20. The summed E-state index contributed by atoms with van der Waals surface area (Å²) in [6.07, 6.45) is 0. The Labute approximate surface area is 151 Å². The van der Waals surface area contributed by atoms with Crippen LogP contribution in [-0.4, -0.2) is 5.91 Å². The third-order valence-corrected chi connectivity index (χ3v) is 4.59. The first-order valence-electron chi connectivity index (χ1n) is 8.30. The molecule has 2 nitrogen and oxygen atoms in total. The lowest BCUT2D eigenvalue weighted by Crippen LogP contribution is -2.24. The Balaban J connectivity index is 2.32. The quantitative estimate of drug-likeness (QED) is 0.716. The third-order valence-electron chi connectivity index (χ3n) is 4.59. The zero-order valence-corrected chi connectivity index (χ0v) is 14.6.